The Kier molecular flexibility index (Phi) is 3.11. The number of hydrogen-bond acceptors (Lipinski definition) is 2. The molecular weight excluding hydrogens is 470 g/mol. The van der Waals surface area contributed by atoms with E-state index in [-0.39, 0.29) is 0 Å². The van der Waals surface area contributed by atoms with Crippen molar-refractivity contribution in [1.29, 1.82) is 0 Å². The predicted octanol–water partition coefficient (Wildman–Crippen LogP) is 6.29. The first-order chi connectivity index (χ1) is 18.7. The lowest BCUT2D eigenvalue weighted by atomic mass is 9.82. The van der Waals surface area contributed by atoms with Crippen LogP contribution in [-0.2, 0) is 18.5 Å². The minimum Gasteiger partial charge on any atom is -0.404 e. The van der Waals surface area contributed by atoms with Gasteiger partial charge in [0.05, 0.1) is 28.9 Å². The number of aryl methyl sites for hydroxylation is 2. The number of nitrogens with zero attached hydrogens (tertiary/aromatic N) is 3. The largest absolute Gasteiger partial charge is 0.433 e. The number of hydrogen-bond donors (Lipinski definition) is 0. The van der Waals surface area contributed by atoms with Gasteiger partial charge < -0.3 is 14.0 Å². The molecule has 3 aromatic carbocycles. The number of benzene rings is 3. The van der Waals surface area contributed by atoms with E-state index in [9.17, 15) is 0 Å². The number of ether oxygens (including phenoxy) is 2. The molecule has 0 fully saturated rings. The molecule has 0 N–H and O–H groups in total. The van der Waals surface area contributed by atoms with Gasteiger partial charge in [0, 0.05) is 22.9 Å². The Morgan fingerprint density at radius 3 is 2.08 bits per heavy atom. The van der Waals surface area contributed by atoms with Crippen molar-refractivity contribution in [1.82, 2.24) is 4.57 Å². The lowest BCUT2D eigenvalue weighted by Crippen LogP contribution is -2.74. The fourth-order valence-electron chi connectivity index (χ4n) is 7.60. The molecule has 0 amide bonds. The number of pyridine rings is 2. The normalized spacial score (nSPS) is 17.9. The van der Waals surface area contributed by atoms with Gasteiger partial charge in [-0.2, -0.15) is 0 Å². The molecule has 6 aromatic rings. The third kappa shape index (κ3) is 1.84. The zero-order valence-corrected chi connectivity index (χ0v) is 21.1. The molecule has 0 aliphatic carbocycles. The Hall–Kier alpha value is -4.64. The summed E-state index contributed by atoms with van der Waals surface area (Å²) in [5.41, 5.74) is 10.2. The molecule has 0 radical (unpaired) electrons. The third-order valence-corrected chi connectivity index (χ3v) is 9.08. The van der Waals surface area contributed by atoms with Gasteiger partial charge in [-0.15, -0.1) is 0 Å². The second-order valence-corrected chi connectivity index (χ2v) is 10.8. The number of fused-ring (bicyclic) bond motifs is 5. The molecular formula is C33H23N3O2+2. The molecule has 5 heteroatoms. The molecule has 3 aromatic heterocycles. The first-order valence-electron chi connectivity index (χ1n) is 13.5. The smallest absolute Gasteiger partial charge is 0.404 e. The van der Waals surface area contributed by atoms with Crippen molar-refractivity contribution in [2.75, 3.05) is 0 Å². The van der Waals surface area contributed by atoms with Crippen LogP contribution in [0.25, 0.3) is 38.9 Å². The van der Waals surface area contributed by atoms with Crippen LogP contribution >= 0.6 is 0 Å². The zero-order valence-electron chi connectivity index (χ0n) is 21.1. The fourth-order valence-corrected chi connectivity index (χ4v) is 7.60. The summed E-state index contributed by atoms with van der Waals surface area (Å²) >= 11 is 0. The van der Waals surface area contributed by atoms with Crippen LogP contribution in [0.1, 0.15) is 36.1 Å². The number of rotatable bonds is 2. The van der Waals surface area contributed by atoms with E-state index in [0.717, 1.165) is 41.8 Å². The van der Waals surface area contributed by atoms with Crippen molar-refractivity contribution in [3.63, 3.8) is 0 Å². The highest BCUT2D eigenvalue weighted by atomic mass is 16.5. The molecule has 7 heterocycles. The van der Waals surface area contributed by atoms with Gasteiger partial charge in [0.15, 0.2) is 22.6 Å². The Balaban J connectivity index is 1.54. The van der Waals surface area contributed by atoms with Crippen molar-refractivity contribution >= 4 is 21.8 Å². The summed E-state index contributed by atoms with van der Waals surface area (Å²) < 4.78 is 20.9. The monoisotopic (exact) mass is 493 g/mol. The van der Waals surface area contributed by atoms with Crippen LogP contribution in [0.15, 0.2) is 78.9 Å². The SMILES string of the molecule is CCc1cc2[n+]3c(c1)-c1cc(CC)cc4[n+]1C31c3c(cccc3-n3c5ccccc5c5ccc(c1c53)O4)O2. The maximum absolute atomic E-state index is 6.83. The lowest BCUT2D eigenvalue weighted by Gasteiger charge is -2.35. The summed E-state index contributed by atoms with van der Waals surface area (Å²) in [6.45, 7) is 4.42. The average molecular weight is 494 g/mol. The van der Waals surface area contributed by atoms with Crippen LogP contribution in [0, 0.1) is 0 Å². The van der Waals surface area contributed by atoms with E-state index in [1.54, 1.807) is 0 Å². The van der Waals surface area contributed by atoms with Crippen molar-refractivity contribution in [2.45, 2.75) is 32.4 Å². The van der Waals surface area contributed by atoms with Crippen molar-refractivity contribution < 1.29 is 18.6 Å². The lowest BCUT2D eigenvalue weighted by molar-refractivity contribution is -0.943. The van der Waals surface area contributed by atoms with Gasteiger partial charge in [-0.05, 0) is 54.3 Å². The average Bonchev–Trinajstić information content (AvgIpc) is 3.45. The molecule has 38 heavy (non-hydrogen) atoms. The molecule has 4 aliphatic rings. The topological polar surface area (TPSA) is 31.2 Å². The molecule has 4 aliphatic heterocycles. The van der Waals surface area contributed by atoms with E-state index >= 15 is 0 Å². The van der Waals surface area contributed by atoms with Gasteiger partial charge >= 0.3 is 17.4 Å². The Morgan fingerprint density at radius 2 is 1.37 bits per heavy atom. The van der Waals surface area contributed by atoms with Crippen LogP contribution in [0.3, 0.4) is 0 Å². The Bertz CT molecular complexity index is 2070. The Morgan fingerprint density at radius 1 is 0.684 bits per heavy atom. The summed E-state index contributed by atoms with van der Waals surface area (Å²) in [7, 11) is 0. The second kappa shape index (κ2) is 6.08. The third-order valence-electron chi connectivity index (χ3n) is 9.08. The van der Waals surface area contributed by atoms with Crippen molar-refractivity contribution in [3.8, 4) is 40.3 Å². The highest BCUT2D eigenvalue weighted by Crippen LogP contribution is 2.58. The van der Waals surface area contributed by atoms with Crippen molar-refractivity contribution in [2.24, 2.45) is 0 Å². The maximum atomic E-state index is 6.83. The zero-order chi connectivity index (χ0) is 24.9. The second-order valence-electron chi connectivity index (χ2n) is 10.8. The Labute approximate surface area is 218 Å². The molecule has 0 saturated carbocycles. The van der Waals surface area contributed by atoms with Gasteiger partial charge in [0.1, 0.15) is 0 Å². The van der Waals surface area contributed by atoms with E-state index < -0.39 is 5.66 Å². The molecule has 180 valence electrons. The molecule has 10 rings (SSSR count). The summed E-state index contributed by atoms with van der Waals surface area (Å²) in [6.07, 6.45) is 1.88. The minimum atomic E-state index is -0.629. The van der Waals surface area contributed by atoms with Crippen LogP contribution < -0.4 is 18.6 Å². The highest BCUT2D eigenvalue weighted by Gasteiger charge is 2.74. The van der Waals surface area contributed by atoms with E-state index in [0.29, 0.717) is 0 Å². The summed E-state index contributed by atoms with van der Waals surface area (Å²) in [4.78, 5) is 0. The van der Waals surface area contributed by atoms with E-state index in [2.05, 4.69) is 106 Å². The maximum Gasteiger partial charge on any atom is 0.433 e. The molecule has 0 saturated heterocycles. The molecule has 1 atom stereocenters. The summed E-state index contributed by atoms with van der Waals surface area (Å²) in [5, 5.41) is 2.50. The predicted molar refractivity (Wildman–Crippen MR) is 144 cm³/mol. The van der Waals surface area contributed by atoms with E-state index in [4.69, 9.17) is 9.47 Å². The standard InChI is InChI=1S/C33H23N3O2/c1-3-18-14-24-25-15-19(4-2)17-29-36(25)33-30-23(10-7-11-26(30)37-28(16-18)35(24)33)34-22-9-6-5-8-20(22)21-12-13-27(38-29)31(33)32(21)34/h5-17H,3-4H2,1-2H3/q+2. The quantitative estimate of drug-likeness (QED) is 0.265. The summed E-state index contributed by atoms with van der Waals surface area (Å²) in [5.74, 6) is 3.58. The first kappa shape index (κ1) is 19.5. The molecule has 1 unspecified atom stereocenters. The highest BCUT2D eigenvalue weighted by molar-refractivity contribution is 6.12. The van der Waals surface area contributed by atoms with E-state index in [1.165, 1.54) is 55.4 Å². The number of aromatic nitrogens is 3. The van der Waals surface area contributed by atoms with Crippen LogP contribution in [-0.4, -0.2) is 4.57 Å². The van der Waals surface area contributed by atoms with Crippen LogP contribution in [0.4, 0.5) is 0 Å². The molecule has 1 spiro atoms. The van der Waals surface area contributed by atoms with Gasteiger partial charge in [0.2, 0.25) is 0 Å². The molecule has 0 bridgehead atoms. The molecule has 5 nitrogen and oxygen atoms in total. The number of para-hydroxylation sites is 1. The fraction of sp³-hybridized carbons (Fsp3) is 0.152. The van der Waals surface area contributed by atoms with Gasteiger partial charge in [-0.25, -0.2) is 0 Å². The van der Waals surface area contributed by atoms with Crippen molar-refractivity contribution in [3.05, 3.63) is 101 Å². The van der Waals surface area contributed by atoms with Gasteiger partial charge in [0.25, 0.3) is 11.4 Å². The first-order valence-corrected chi connectivity index (χ1v) is 13.5. The van der Waals surface area contributed by atoms with E-state index in [1.807, 2.05) is 0 Å². The van der Waals surface area contributed by atoms with Gasteiger partial charge in [-0.1, -0.05) is 47.2 Å². The minimum absolute atomic E-state index is 0.629. The van der Waals surface area contributed by atoms with Crippen LogP contribution in [0.2, 0.25) is 0 Å². The van der Waals surface area contributed by atoms with Crippen LogP contribution in [0.5, 0.6) is 23.3 Å². The van der Waals surface area contributed by atoms with Gasteiger partial charge in [-0.3, -0.25) is 0 Å². The summed E-state index contributed by atoms with van der Waals surface area (Å²) in [6, 6.07) is 28.8.